The van der Waals surface area contributed by atoms with Crippen LogP contribution < -0.4 is 10.6 Å². The van der Waals surface area contributed by atoms with Crippen molar-refractivity contribution in [1.29, 1.82) is 0 Å². The molecular formula is C31H31BrN8O4. The highest BCUT2D eigenvalue weighted by Crippen LogP contribution is 2.64. The average Bonchev–Trinajstić information content (AvgIpc) is 3.25. The lowest BCUT2D eigenvalue weighted by Gasteiger charge is -2.28. The Bertz CT molecular complexity index is 1820. The normalized spacial score (nSPS) is 22.0. The lowest BCUT2D eigenvalue weighted by Crippen LogP contribution is -2.47. The van der Waals surface area contributed by atoms with Crippen LogP contribution in [0.4, 0.5) is 5.82 Å². The maximum atomic E-state index is 14.1. The highest BCUT2D eigenvalue weighted by molar-refractivity contribution is 9.10. The molecule has 1 aliphatic heterocycles. The van der Waals surface area contributed by atoms with Gasteiger partial charge in [0, 0.05) is 55.2 Å². The molecule has 226 valence electrons. The second-order valence-electron chi connectivity index (χ2n) is 11.5. The number of likely N-dealkylation sites (tertiary alicyclic amines) is 1. The van der Waals surface area contributed by atoms with E-state index in [0.29, 0.717) is 40.1 Å². The minimum Gasteiger partial charge on any atom is -0.356 e. The maximum absolute atomic E-state index is 14.1. The molecule has 2 fully saturated rings. The Morgan fingerprint density at radius 1 is 1.07 bits per heavy atom. The van der Waals surface area contributed by atoms with E-state index in [1.54, 1.807) is 42.4 Å². The minimum atomic E-state index is -0.777. The van der Waals surface area contributed by atoms with E-state index in [-0.39, 0.29) is 47.7 Å². The topological polar surface area (TPSA) is 152 Å². The van der Waals surface area contributed by atoms with Gasteiger partial charge in [0.15, 0.2) is 5.78 Å². The molecule has 0 bridgehead atoms. The number of amides is 3. The van der Waals surface area contributed by atoms with E-state index in [1.165, 1.54) is 18.5 Å². The SMILES string of the molecule is CC(=O)NC[C@]12C[C@@H](C(=O)Nc3cccc(Br)n3)N(C(=O)Cn3nc(C(C)=O)c4cc(-c5cnc(C)nc5)ccc43)C1C2C. The molecule has 12 nitrogen and oxygen atoms in total. The van der Waals surface area contributed by atoms with E-state index >= 15 is 0 Å². The fourth-order valence-corrected chi connectivity index (χ4v) is 6.85. The van der Waals surface area contributed by atoms with Crippen LogP contribution in [0, 0.1) is 18.3 Å². The third-order valence-electron chi connectivity index (χ3n) is 8.78. The number of pyridine rings is 1. The number of fused-ring (bicyclic) bond motifs is 2. The summed E-state index contributed by atoms with van der Waals surface area (Å²) in [5, 5.41) is 10.9. The van der Waals surface area contributed by atoms with Crippen molar-refractivity contribution >= 4 is 56.2 Å². The average molecular weight is 660 g/mol. The lowest BCUT2D eigenvalue weighted by atomic mass is 9.95. The van der Waals surface area contributed by atoms with Crippen LogP contribution >= 0.6 is 15.9 Å². The van der Waals surface area contributed by atoms with Gasteiger partial charge in [0.1, 0.15) is 34.5 Å². The number of piperidine rings is 1. The first-order chi connectivity index (χ1) is 21.0. The number of carbonyl (C=O) groups is 4. The first-order valence-corrected chi connectivity index (χ1v) is 15.1. The number of rotatable bonds is 8. The molecule has 1 saturated carbocycles. The second-order valence-corrected chi connectivity index (χ2v) is 12.4. The molecule has 3 amide bonds. The molecule has 6 rings (SSSR count). The number of hydrogen-bond acceptors (Lipinski definition) is 8. The summed E-state index contributed by atoms with van der Waals surface area (Å²) < 4.78 is 2.09. The number of aryl methyl sites for hydroxylation is 1. The number of hydrogen-bond donors (Lipinski definition) is 2. The highest BCUT2D eigenvalue weighted by Gasteiger charge is 2.72. The van der Waals surface area contributed by atoms with Crippen LogP contribution in [0.5, 0.6) is 0 Å². The largest absolute Gasteiger partial charge is 0.356 e. The Morgan fingerprint density at radius 2 is 1.82 bits per heavy atom. The molecule has 4 aromatic rings. The van der Waals surface area contributed by atoms with E-state index in [2.05, 4.69) is 46.6 Å². The first-order valence-electron chi connectivity index (χ1n) is 14.3. The van der Waals surface area contributed by atoms with Gasteiger partial charge in [-0.15, -0.1) is 0 Å². The van der Waals surface area contributed by atoms with Crippen molar-refractivity contribution in [1.82, 2.24) is 34.9 Å². The zero-order valence-corrected chi connectivity index (χ0v) is 26.3. The Labute approximate surface area is 261 Å². The predicted octanol–water partition coefficient (Wildman–Crippen LogP) is 3.54. The summed E-state index contributed by atoms with van der Waals surface area (Å²) in [5.74, 6) is 0.0277. The predicted molar refractivity (Wildman–Crippen MR) is 165 cm³/mol. The Hall–Kier alpha value is -4.52. The van der Waals surface area contributed by atoms with Gasteiger partial charge in [0.25, 0.3) is 0 Å². The fraction of sp³-hybridized carbons (Fsp3) is 0.355. The second kappa shape index (κ2) is 11.2. The molecule has 13 heteroatoms. The quantitative estimate of drug-likeness (QED) is 0.215. The van der Waals surface area contributed by atoms with Crippen LogP contribution in [0.15, 0.2) is 53.4 Å². The highest BCUT2D eigenvalue weighted by atomic mass is 79.9. The monoisotopic (exact) mass is 658 g/mol. The molecule has 0 radical (unpaired) electrons. The van der Waals surface area contributed by atoms with E-state index in [4.69, 9.17) is 0 Å². The van der Waals surface area contributed by atoms with Crippen molar-refractivity contribution in [2.45, 2.75) is 52.7 Å². The Morgan fingerprint density at radius 3 is 2.50 bits per heavy atom. The zero-order chi connectivity index (χ0) is 31.3. The Balaban J connectivity index is 1.32. The molecular weight excluding hydrogens is 628 g/mol. The number of ketones is 1. The van der Waals surface area contributed by atoms with Gasteiger partial charge < -0.3 is 15.5 Å². The molecule has 44 heavy (non-hydrogen) atoms. The van der Waals surface area contributed by atoms with Crippen molar-refractivity contribution < 1.29 is 19.2 Å². The van der Waals surface area contributed by atoms with E-state index < -0.39 is 11.5 Å². The fourth-order valence-electron chi connectivity index (χ4n) is 6.50. The summed E-state index contributed by atoms with van der Waals surface area (Å²) in [6.07, 6.45) is 3.83. The van der Waals surface area contributed by atoms with E-state index in [0.717, 1.165) is 11.1 Å². The number of anilines is 1. The van der Waals surface area contributed by atoms with Crippen molar-refractivity contribution in [3.8, 4) is 11.1 Å². The molecule has 1 saturated heterocycles. The number of nitrogens with zero attached hydrogens (tertiary/aromatic N) is 6. The summed E-state index contributed by atoms with van der Waals surface area (Å²) in [6.45, 7) is 6.92. The third kappa shape index (κ3) is 5.25. The van der Waals surface area contributed by atoms with E-state index in [1.807, 2.05) is 25.1 Å². The van der Waals surface area contributed by atoms with Crippen molar-refractivity contribution in [3.05, 3.63) is 64.9 Å². The molecule has 0 spiro atoms. The van der Waals surface area contributed by atoms with Crippen LogP contribution in [-0.4, -0.2) is 71.8 Å². The van der Waals surface area contributed by atoms with Gasteiger partial charge >= 0.3 is 0 Å². The van der Waals surface area contributed by atoms with Crippen LogP contribution in [0.3, 0.4) is 0 Å². The molecule has 2 N–H and O–H groups in total. The van der Waals surface area contributed by atoms with Crippen molar-refractivity contribution in [2.24, 2.45) is 11.3 Å². The summed E-state index contributed by atoms with van der Waals surface area (Å²) in [4.78, 5) is 66.6. The number of nitrogens with one attached hydrogen (secondary N) is 2. The molecule has 1 aliphatic carbocycles. The van der Waals surface area contributed by atoms with Crippen LogP contribution in [0.1, 0.15) is 43.5 Å². The van der Waals surface area contributed by atoms with Crippen LogP contribution in [0.2, 0.25) is 0 Å². The number of carbonyl (C=O) groups excluding carboxylic acids is 4. The standard InChI is InChI=1S/C31H31BrN8O4/c1-16-29-31(16,15-35-19(4)42)11-24(30(44)37-26-7-5-6-25(32)36-26)40(29)27(43)14-39-23-9-8-20(21-12-33-18(3)34-13-21)10-22(23)28(38-39)17(2)41/h5-10,12-13,16,24,29H,11,14-15H2,1-4H3,(H,35,42)(H,36,37,44)/t16?,24-,29?,31-/m0/s1. The van der Waals surface area contributed by atoms with Gasteiger partial charge in [0.2, 0.25) is 17.7 Å². The van der Waals surface area contributed by atoms with Gasteiger partial charge in [-0.2, -0.15) is 5.10 Å². The first kappa shape index (κ1) is 29.5. The van der Waals surface area contributed by atoms with Gasteiger partial charge in [-0.3, -0.25) is 23.9 Å². The number of aromatic nitrogens is 5. The van der Waals surface area contributed by atoms with Gasteiger partial charge in [-0.1, -0.05) is 19.1 Å². The zero-order valence-electron chi connectivity index (χ0n) is 24.7. The number of benzene rings is 1. The summed E-state index contributed by atoms with van der Waals surface area (Å²) in [5.41, 5.74) is 2.06. The molecule has 4 heterocycles. The molecule has 1 aromatic carbocycles. The third-order valence-corrected chi connectivity index (χ3v) is 9.22. The summed E-state index contributed by atoms with van der Waals surface area (Å²) in [6, 6.07) is 9.72. The van der Waals surface area contributed by atoms with Crippen molar-refractivity contribution in [3.63, 3.8) is 0 Å². The van der Waals surface area contributed by atoms with Gasteiger partial charge in [-0.25, -0.2) is 15.0 Å². The van der Waals surface area contributed by atoms with Gasteiger partial charge in [-0.05, 0) is 65.0 Å². The molecule has 3 aromatic heterocycles. The lowest BCUT2D eigenvalue weighted by molar-refractivity contribution is -0.139. The van der Waals surface area contributed by atoms with E-state index in [9.17, 15) is 19.2 Å². The van der Waals surface area contributed by atoms with Crippen LogP contribution in [-0.2, 0) is 20.9 Å². The number of Topliss-reactive ketones (excluding diaryl/α,β-unsaturated/α-hetero) is 1. The molecule has 4 atom stereocenters. The van der Waals surface area contributed by atoms with Crippen molar-refractivity contribution in [2.75, 3.05) is 11.9 Å². The number of halogens is 1. The minimum absolute atomic E-state index is 0.0766. The molecule has 2 aliphatic rings. The van der Waals surface area contributed by atoms with Crippen LogP contribution in [0.25, 0.3) is 22.0 Å². The maximum Gasteiger partial charge on any atom is 0.248 e. The van der Waals surface area contributed by atoms with Gasteiger partial charge in [0.05, 0.1) is 5.52 Å². The molecule has 2 unspecified atom stereocenters. The summed E-state index contributed by atoms with van der Waals surface area (Å²) >= 11 is 3.32. The summed E-state index contributed by atoms with van der Waals surface area (Å²) in [7, 11) is 0. The smallest absolute Gasteiger partial charge is 0.248 e. The Kier molecular flexibility index (Phi) is 7.52.